The summed E-state index contributed by atoms with van der Waals surface area (Å²) in [7, 11) is 0. The first-order chi connectivity index (χ1) is 9.38. The third-order valence-corrected chi connectivity index (χ3v) is 3.89. The summed E-state index contributed by atoms with van der Waals surface area (Å²) in [6.07, 6.45) is 3.22. The van der Waals surface area contributed by atoms with Gasteiger partial charge in [0.05, 0.1) is 18.4 Å². The molecule has 0 aromatic carbocycles. The molecule has 1 aromatic rings. The highest BCUT2D eigenvalue weighted by Crippen LogP contribution is 2.22. The fraction of sp³-hybridized carbons (Fsp3) is 0.600. The van der Waals surface area contributed by atoms with E-state index >= 15 is 0 Å². The Kier molecular flexibility index (Phi) is 6.27. The molecule has 1 heterocycles. The summed E-state index contributed by atoms with van der Waals surface area (Å²) in [6, 6.07) is 0. The van der Waals surface area contributed by atoms with Crippen molar-refractivity contribution in [2.75, 3.05) is 11.9 Å². The van der Waals surface area contributed by atoms with Crippen molar-refractivity contribution in [2.24, 2.45) is 17.8 Å². The van der Waals surface area contributed by atoms with Crippen molar-refractivity contribution in [1.29, 1.82) is 0 Å². The fourth-order valence-corrected chi connectivity index (χ4v) is 2.52. The van der Waals surface area contributed by atoms with Crippen LogP contribution in [0.1, 0.15) is 27.7 Å². The predicted octanol–water partition coefficient (Wildman–Crippen LogP) is 3.42. The Bertz CT molecular complexity index is 500. The van der Waals surface area contributed by atoms with Gasteiger partial charge in [-0.3, -0.25) is 4.79 Å². The molecule has 0 bridgehead atoms. The van der Waals surface area contributed by atoms with Crippen molar-refractivity contribution >= 4 is 17.3 Å². The van der Waals surface area contributed by atoms with Crippen molar-refractivity contribution in [2.45, 2.75) is 34.2 Å². The minimum Gasteiger partial charge on any atom is -0.382 e. The molecule has 0 atom stereocenters. The molecule has 0 saturated heterocycles. The third-order valence-electron chi connectivity index (χ3n) is 3.53. The number of nitrogens with one attached hydrogen (secondary N) is 1. The van der Waals surface area contributed by atoms with Gasteiger partial charge in [-0.25, -0.2) is 4.68 Å². The van der Waals surface area contributed by atoms with Gasteiger partial charge in [-0.1, -0.05) is 45.4 Å². The molecule has 0 spiro atoms. The van der Waals surface area contributed by atoms with Gasteiger partial charge in [-0.05, 0) is 17.8 Å². The van der Waals surface area contributed by atoms with Crippen LogP contribution in [-0.4, -0.2) is 16.3 Å². The SMILES string of the molecule is C=CCn1ncc(NCC(C(C)C)C(C)C)c(Cl)c1=O. The molecule has 5 heteroatoms. The number of rotatable bonds is 7. The fourth-order valence-electron chi connectivity index (χ4n) is 2.31. The maximum Gasteiger partial charge on any atom is 0.287 e. The summed E-state index contributed by atoms with van der Waals surface area (Å²) in [5.41, 5.74) is 0.311. The van der Waals surface area contributed by atoms with Gasteiger partial charge < -0.3 is 5.32 Å². The Labute approximate surface area is 125 Å². The Balaban J connectivity index is 2.86. The smallest absolute Gasteiger partial charge is 0.287 e. The number of aromatic nitrogens is 2. The number of allylic oxidation sites excluding steroid dienone is 1. The molecule has 0 amide bonds. The van der Waals surface area contributed by atoms with Crippen molar-refractivity contribution < 1.29 is 0 Å². The lowest BCUT2D eigenvalue weighted by Crippen LogP contribution is -2.27. The van der Waals surface area contributed by atoms with Crippen LogP contribution in [0.25, 0.3) is 0 Å². The summed E-state index contributed by atoms with van der Waals surface area (Å²) in [5, 5.41) is 7.52. The average molecular weight is 298 g/mol. The molecule has 112 valence electrons. The average Bonchev–Trinajstić information content (AvgIpc) is 2.37. The highest BCUT2D eigenvalue weighted by molar-refractivity contribution is 6.32. The molecule has 0 saturated carbocycles. The van der Waals surface area contributed by atoms with Gasteiger partial charge in [0.25, 0.3) is 5.56 Å². The molecule has 1 N–H and O–H groups in total. The first kappa shape index (κ1) is 16.8. The lowest BCUT2D eigenvalue weighted by molar-refractivity contribution is 0.304. The van der Waals surface area contributed by atoms with E-state index < -0.39 is 0 Å². The van der Waals surface area contributed by atoms with Crippen molar-refractivity contribution in [3.05, 3.63) is 34.2 Å². The maximum absolute atomic E-state index is 12.0. The molecule has 4 nitrogen and oxygen atoms in total. The first-order valence-corrected chi connectivity index (χ1v) is 7.36. The molecular formula is C15H24ClN3O. The summed E-state index contributed by atoms with van der Waals surface area (Å²) < 4.78 is 1.29. The van der Waals surface area contributed by atoms with Crippen LogP contribution in [0.3, 0.4) is 0 Å². The lowest BCUT2D eigenvalue weighted by atomic mass is 9.85. The number of halogens is 1. The second-order valence-corrected chi connectivity index (χ2v) is 6.06. The monoisotopic (exact) mass is 297 g/mol. The van der Waals surface area contributed by atoms with E-state index in [-0.39, 0.29) is 10.6 Å². The predicted molar refractivity (Wildman–Crippen MR) is 85.4 cm³/mol. The number of hydrogen-bond acceptors (Lipinski definition) is 3. The topological polar surface area (TPSA) is 46.9 Å². The Hall–Kier alpha value is -1.29. The molecule has 0 aliphatic heterocycles. The van der Waals surface area contributed by atoms with Crippen molar-refractivity contribution in [3.8, 4) is 0 Å². The molecule has 0 radical (unpaired) electrons. The highest BCUT2D eigenvalue weighted by Gasteiger charge is 2.18. The standard InChI is InChI=1S/C15H24ClN3O/c1-6-7-19-15(20)14(16)13(9-18-19)17-8-12(10(2)3)11(4)5/h6,9-12,17H,1,7-8H2,2-5H3. The van der Waals surface area contributed by atoms with Gasteiger partial charge >= 0.3 is 0 Å². The first-order valence-electron chi connectivity index (χ1n) is 6.98. The molecule has 1 aromatic heterocycles. The molecule has 20 heavy (non-hydrogen) atoms. The van der Waals surface area contributed by atoms with Crippen molar-refractivity contribution in [3.63, 3.8) is 0 Å². The zero-order chi connectivity index (χ0) is 15.3. The van der Waals surface area contributed by atoms with Crippen LogP contribution in [0.15, 0.2) is 23.6 Å². The quantitative estimate of drug-likeness (QED) is 0.784. The zero-order valence-electron chi connectivity index (χ0n) is 12.7. The Morgan fingerprint density at radius 1 is 1.40 bits per heavy atom. The highest BCUT2D eigenvalue weighted by atomic mass is 35.5. The molecule has 0 aliphatic rings. The molecule has 1 rings (SSSR count). The minimum absolute atomic E-state index is 0.188. The number of nitrogens with zero attached hydrogens (tertiary/aromatic N) is 2. The van der Waals surface area contributed by atoms with Gasteiger partial charge in [0, 0.05) is 6.54 Å². The Morgan fingerprint density at radius 2 is 2.00 bits per heavy atom. The maximum atomic E-state index is 12.0. The zero-order valence-corrected chi connectivity index (χ0v) is 13.4. The molecule has 0 aliphatic carbocycles. The van der Waals surface area contributed by atoms with Gasteiger partial charge in [0.1, 0.15) is 5.02 Å². The summed E-state index contributed by atoms with van der Waals surface area (Å²) in [5.74, 6) is 1.65. The molecule has 0 unspecified atom stereocenters. The van der Waals surface area contributed by atoms with Gasteiger partial charge in [0.15, 0.2) is 0 Å². The van der Waals surface area contributed by atoms with Crippen LogP contribution in [0, 0.1) is 17.8 Å². The van der Waals surface area contributed by atoms with Crippen LogP contribution >= 0.6 is 11.6 Å². The largest absolute Gasteiger partial charge is 0.382 e. The number of anilines is 1. The second kappa shape index (κ2) is 7.48. The van der Waals surface area contributed by atoms with Crippen LogP contribution in [0.5, 0.6) is 0 Å². The van der Waals surface area contributed by atoms with Gasteiger partial charge in [0.2, 0.25) is 0 Å². The second-order valence-electron chi connectivity index (χ2n) is 5.68. The summed E-state index contributed by atoms with van der Waals surface area (Å²) >= 11 is 6.11. The number of hydrogen-bond donors (Lipinski definition) is 1. The Morgan fingerprint density at radius 3 is 2.50 bits per heavy atom. The van der Waals surface area contributed by atoms with Gasteiger partial charge in [-0.15, -0.1) is 6.58 Å². The minimum atomic E-state index is -0.290. The normalized spacial score (nSPS) is 11.4. The molecule has 0 fully saturated rings. The lowest BCUT2D eigenvalue weighted by Gasteiger charge is -2.25. The van der Waals surface area contributed by atoms with Crippen molar-refractivity contribution in [1.82, 2.24) is 9.78 Å². The molecular weight excluding hydrogens is 274 g/mol. The van der Waals surface area contributed by atoms with E-state index in [1.165, 1.54) is 4.68 Å². The van der Waals surface area contributed by atoms with Crippen LogP contribution in [0.2, 0.25) is 5.02 Å². The van der Waals surface area contributed by atoms with Crippen LogP contribution in [0.4, 0.5) is 5.69 Å². The van der Waals surface area contributed by atoms with Crippen LogP contribution in [-0.2, 0) is 6.54 Å². The third kappa shape index (κ3) is 4.10. The van der Waals surface area contributed by atoms with E-state index in [1.807, 2.05) is 0 Å². The van der Waals surface area contributed by atoms with Gasteiger partial charge in [-0.2, -0.15) is 5.10 Å². The summed E-state index contributed by atoms with van der Waals surface area (Å²) in [4.78, 5) is 12.0. The van der Waals surface area contributed by atoms with E-state index in [9.17, 15) is 4.79 Å². The van der Waals surface area contributed by atoms with E-state index in [2.05, 4.69) is 44.7 Å². The van der Waals surface area contributed by atoms with E-state index in [0.717, 1.165) is 6.54 Å². The van der Waals surface area contributed by atoms with E-state index in [1.54, 1.807) is 12.3 Å². The van der Waals surface area contributed by atoms with E-state index in [4.69, 9.17) is 11.6 Å². The van der Waals surface area contributed by atoms with Crippen LogP contribution < -0.4 is 10.9 Å². The summed E-state index contributed by atoms with van der Waals surface area (Å²) in [6.45, 7) is 13.5. The van der Waals surface area contributed by atoms with E-state index in [0.29, 0.717) is 30.0 Å².